The first-order valence-electron chi connectivity index (χ1n) is 6.02. The number of nitrogens with zero attached hydrogens (tertiary/aromatic N) is 3. The molecule has 0 fully saturated rings. The van der Waals surface area contributed by atoms with Crippen molar-refractivity contribution in [1.82, 2.24) is 19.6 Å². The standard InChI is InChI=1S/C13H10N4O3S/c18-11-5-9(16-13-14-7-15-17(11)13)6-21-10-3-1-2-8(4-10)12(19)20/h1-5,7H,6H2,(H,19,20)(H,14,15,16). The van der Waals surface area contributed by atoms with Gasteiger partial charge in [0.1, 0.15) is 6.33 Å². The van der Waals surface area contributed by atoms with E-state index in [1.54, 1.807) is 12.1 Å². The van der Waals surface area contributed by atoms with Crippen molar-refractivity contribution in [3.8, 4) is 0 Å². The minimum absolute atomic E-state index is 0.229. The van der Waals surface area contributed by atoms with Crippen LogP contribution in [0.1, 0.15) is 16.1 Å². The molecule has 2 N–H and O–H groups in total. The largest absolute Gasteiger partial charge is 0.478 e. The van der Waals surface area contributed by atoms with Crippen molar-refractivity contribution in [3.63, 3.8) is 0 Å². The maximum atomic E-state index is 11.8. The zero-order valence-corrected chi connectivity index (χ0v) is 11.5. The first-order valence-corrected chi connectivity index (χ1v) is 7.00. The van der Waals surface area contributed by atoms with Crippen LogP contribution in [0.25, 0.3) is 5.78 Å². The Morgan fingerprint density at radius 3 is 3.05 bits per heavy atom. The number of rotatable bonds is 4. The predicted octanol–water partition coefficient (Wildman–Crippen LogP) is 1.41. The van der Waals surface area contributed by atoms with E-state index in [1.807, 2.05) is 6.07 Å². The third kappa shape index (κ3) is 2.79. The maximum Gasteiger partial charge on any atom is 0.335 e. The molecule has 2 aromatic heterocycles. The number of hydrogen-bond donors (Lipinski definition) is 2. The van der Waals surface area contributed by atoms with Crippen molar-refractivity contribution in [2.75, 3.05) is 0 Å². The molecule has 106 valence electrons. The van der Waals surface area contributed by atoms with Gasteiger partial charge in [-0.2, -0.15) is 4.52 Å². The van der Waals surface area contributed by atoms with Crippen LogP contribution in [-0.4, -0.2) is 30.7 Å². The molecule has 0 saturated heterocycles. The van der Waals surface area contributed by atoms with Crippen LogP contribution in [-0.2, 0) is 5.75 Å². The predicted molar refractivity (Wildman–Crippen MR) is 76.6 cm³/mol. The number of aromatic amines is 1. The highest BCUT2D eigenvalue weighted by Gasteiger charge is 2.07. The molecule has 0 bridgehead atoms. The summed E-state index contributed by atoms with van der Waals surface area (Å²) in [5.74, 6) is -0.189. The molecule has 3 rings (SSSR count). The molecule has 0 radical (unpaired) electrons. The number of carboxylic acid groups (broad SMARTS) is 1. The van der Waals surface area contributed by atoms with Gasteiger partial charge in [-0.05, 0) is 18.2 Å². The Balaban J connectivity index is 1.81. The number of carbonyl (C=O) groups is 1. The average Bonchev–Trinajstić information content (AvgIpc) is 2.94. The van der Waals surface area contributed by atoms with Crippen LogP contribution in [0, 0.1) is 0 Å². The third-order valence-corrected chi connectivity index (χ3v) is 3.82. The molecule has 0 aliphatic carbocycles. The Hall–Kier alpha value is -2.61. The molecule has 7 nitrogen and oxygen atoms in total. The molecule has 8 heteroatoms. The van der Waals surface area contributed by atoms with Gasteiger partial charge in [0.05, 0.1) is 11.3 Å². The van der Waals surface area contributed by atoms with Crippen molar-refractivity contribution in [2.24, 2.45) is 0 Å². The Labute approximate surface area is 122 Å². The highest BCUT2D eigenvalue weighted by Crippen LogP contribution is 2.22. The fourth-order valence-electron chi connectivity index (χ4n) is 1.82. The van der Waals surface area contributed by atoms with Gasteiger partial charge in [0.25, 0.3) is 11.3 Å². The number of H-pyrrole nitrogens is 1. The van der Waals surface area contributed by atoms with Gasteiger partial charge in [-0.3, -0.25) is 9.89 Å². The number of thioether (sulfide) groups is 1. The Kier molecular flexibility index (Phi) is 3.44. The molecule has 0 saturated carbocycles. The van der Waals surface area contributed by atoms with Crippen molar-refractivity contribution in [3.05, 3.63) is 58.3 Å². The summed E-state index contributed by atoms with van der Waals surface area (Å²) in [6, 6.07) is 8.06. The quantitative estimate of drug-likeness (QED) is 0.707. The summed E-state index contributed by atoms with van der Waals surface area (Å²) in [4.78, 5) is 31.7. The smallest absolute Gasteiger partial charge is 0.335 e. The lowest BCUT2D eigenvalue weighted by Gasteiger charge is -2.02. The second kappa shape index (κ2) is 5.41. The second-order valence-electron chi connectivity index (χ2n) is 4.23. The van der Waals surface area contributed by atoms with Crippen LogP contribution < -0.4 is 5.56 Å². The van der Waals surface area contributed by atoms with Crippen LogP contribution in [0.15, 0.2) is 46.3 Å². The summed E-state index contributed by atoms with van der Waals surface area (Å²) in [5.41, 5.74) is 0.598. The van der Waals surface area contributed by atoms with Crippen molar-refractivity contribution in [2.45, 2.75) is 10.6 Å². The Bertz CT molecular complexity index is 871. The third-order valence-electron chi connectivity index (χ3n) is 2.79. The van der Waals surface area contributed by atoms with Crippen molar-refractivity contribution in [1.29, 1.82) is 0 Å². The minimum atomic E-state index is -0.966. The second-order valence-corrected chi connectivity index (χ2v) is 5.28. The number of aromatic nitrogens is 4. The lowest BCUT2D eigenvalue weighted by molar-refractivity contribution is 0.0696. The van der Waals surface area contributed by atoms with Gasteiger partial charge < -0.3 is 5.11 Å². The highest BCUT2D eigenvalue weighted by molar-refractivity contribution is 7.98. The van der Waals surface area contributed by atoms with Gasteiger partial charge in [0.15, 0.2) is 0 Å². The molecule has 0 unspecified atom stereocenters. The van der Waals surface area contributed by atoms with Crippen molar-refractivity contribution < 1.29 is 9.90 Å². The molecular formula is C13H10N4O3S. The Morgan fingerprint density at radius 1 is 1.38 bits per heavy atom. The molecule has 0 aliphatic heterocycles. The van der Waals surface area contributed by atoms with Crippen LogP contribution in [0.5, 0.6) is 0 Å². The molecule has 21 heavy (non-hydrogen) atoms. The summed E-state index contributed by atoms with van der Waals surface area (Å²) in [6.45, 7) is 0. The van der Waals surface area contributed by atoms with E-state index < -0.39 is 5.97 Å². The summed E-state index contributed by atoms with van der Waals surface area (Å²) in [5, 5.41) is 11.6. The fourth-order valence-corrected chi connectivity index (χ4v) is 2.67. The summed E-state index contributed by atoms with van der Waals surface area (Å²) in [7, 11) is 0. The monoisotopic (exact) mass is 302 g/mol. The Morgan fingerprint density at radius 2 is 2.24 bits per heavy atom. The number of hydrogen-bond acceptors (Lipinski definition) is 5. The summed E-state index contributed by atoms with van der Waals surface area (Å²) >= 11 is 1.41. The van der Waals surface area contributed by atoms with Gasteiger partial charge >= 0.3 is 5.97 Å². The van der Waals surface area contributed by atoms with Crippen molar-refractivity contribution >= 4 is 23.5 Å². The zero-order valence-electron chi connectivity index (χ0n) is 10.7. The molecule has 2 heterocycles. The number of aromatic carboxylic acids is 1. The van der Waals surface area contributed by atoms with E-state index in [0.29, 0.717) is 17.2 Å². The van der Waals surface area contributed by atoms with Gasteiger partial charge in [-0.15, -0.1) is 11.8 Å². The SMILES string of the molecule is O=C(O)c1cccc(SCc2cc(=O)n3[nH]cnc3n2)c1. The van der Waals surface area contributed by atoms with E-state index in [-0.39, 0.29) is 11.1 Å². The van der Waals surface area contributed by atoms with Crippen LogP contribution >= 0.6 is 11.8 Å². The van der Waals surface area contributed by atoms with Gasteiger partial charge in [0.2, 0.25) is 0 Å². The first-order chi connectivity index (χ1) is 10.1. The van der Waals surface area contributed by atoms with Gasteiger partial charge in [0, 0.05) is 16.7 Å². The number of fused-ring (bicyclic) bond motifs is 1. The van der Waals surface area contributed by atoms with Crippen LogP contribution in [0.4, 0.5) is 0 Å². The van der Waals surface area contributed by atoms with Gasteiger partial charge in [-0.25, -0.2) is 14.8 Å². The topological polar surface area (TPSA) is 100 Å². The highest BCUT2D eigenvalue weighted by atomic mass is 32.2. The fraction of sp³-hybridized carbons (Fsp3) is 0.0769. The lowest BCUT2D eigenvalue weighted by Crippen LogP contribution is -2.15. The molecule has 3 aromatic rings. The van der Waals surface area contributed by atoms with Crippen LogP contribution in [0.3, 0.4) is 0 Å². The lowest BCUT2D eigenvalue weighted by atomic mass is 10.2. The minimum Gasteiger partial charge on any atom is -0.478 e. The molecule has 1 aromatic carbocycles. The van der Waals surface area contributed by atoms with Crippen LogP contribution in [0.2, 0.25) is 0 Å². The average molecular weight is 302 g/mol. The van der Waals surface area contributed by atoms with E-state index in [1.165, 1.54) is 34.7 Å². The van der Waals surface area contributed by atoms with E-state index >= 15 is 0 Å². The van der Waals surface area contributed by atoms with E-state index in [2.05, 4.69) is 15.1 Å². The van der Waals surface area contributed by atoms with Gasteiger partial charge in [-0.1, -0.05) is 6.07 Å². The molecule has 0 aliphatic rings. The molecular weight excluding hydrogens is 292 g/mol. The summed E-state index contributed by atoms with van der Waals surface area (Å²) < 4.78 is 1.25. The number of carboxylic acids is 1. The van der Waals surface area contributed by atoms with E-state index in [0.717, 1.165) is 4.90 Å². The zero-order chi connectivity index (χ0) is 14.8. The molecule has 0 spiro atoms. The number of nitrogens with one attached hydrogen (secondary N) is 1. The van der Waals surface area contributed by atoms with E-state index in [9.17, 15) is 9.59 Å². The summed E-state index contributed by atoms with van der Waals surface area (Å²) in [6.07, 6.45) is 1.40. The maximum absolute atomic E-state index is 11.8. The first kappa shape index (κ1) is 13.4. The van der Waals surface area contributed by atoms with E-state index in [4.69, 9.17) is 5.11 Å². The molecule has 0 atom stereocenters. The normalized spacial score (nSPS) is 10.9. The molecule has 0 amide bonds. The number of benzene rings is 1.